The summed E-state index contributed by atoms with van der Waals surface area (Å²) in [5, 5.41) is 6.03. The van der Waals surface area contributed by atoms with Crippen molar-refractivity contribution in [1.29, 1.82) is 0 Å². The second-order valence-electron chi connectivity index (χ2n) is 3.15. The van der Waals surface area contributed by atoms with Gasteiger partial charge in [0.25, 0.3) is 0 Å². The molecule has 0 aliphatic carbocycles. The van der Waals surface area contributed by atoms with E-state index in [0.29, 0.717) is 5.95 Å². The van der Waals surface area contributed by atoms with Crippen LogP contribution >= 0.6 is 22.9 Å². The molecule has 2 aromatic heterocycles. The minimum Gasteiger partial charge on any atom is -0.467 e. The maximum absolute atomic E-state index is 5.74. The number of rotatable bonds is 4. The Kier molecular flexibility index (Phi) is 3.70. The Hall–Kier alpha value is -1.47. The Morgan fingerprint density at radius 2 is 2.24 bits per heavy atom. The fourth-order valence-electron chi connectivity index (χ4n) is 1.19. The number of thiazole rings is 1. The molecule has 2 aromatic rings. The quantitative estimate of drug-likeness (QED) is 0.919. The highest BCUT2D eigenvalue weighted by Crippen LogP contribution is 2.20. The van der Waals surface area contributed by atoms with Gasteiger partial charge in [-0.15, -0.1) is 11.3 Å². The van der Waals surface area contributed by atoms with Crippen molar-refractivity contribution in [2.75, 3.05) is 12.4 Å². The number of ether oxygens (including phenoxy) is 1. The summed E-state index contributed by atoms with van der Waals surface area (Å²) < 4.78 is 4.91. The summed E-state index contributed by atoms with van der Waals surface area (Å²) in [6.07, 6.45) is 1.75. The molecule has 0 bridgehead atoms. The van der Waals surface area contributed by atoms with Crippen LogP contribution in [-0.2, 0) is 0 Å². The average molecular weight is 272 g/mol. The summed E-state index contributed by atoms with van der Waals surface area (Å²) in [5.41, 5.74) is 0. The average Bonchev–Trinajstić information content (AvgIpc) is 2.81. The first-order valence-corrected chi connectivity index (χ1v) is 6.06. The van der Waals surface area contributed by atoms with Crippen LogP contribution in [0.5, 0.6) is 6.01 Å². The predicted molar refractivity (Wildman–Crippen MR) is 65.5 cm³/mol. The molecule has 2 heterocycles. The van der Waals surface area contributed by atoms with Crippen LogP contribution in [0.1, 0.15) is 18.0 Å². The Labute approximate surface area is 107 Å². The zero-order valence-electron chi connectivity index (χ0n) is 9.22. The van der Waals surface area contributed by atoms with Gasteiger partial charge in [-0.25, -0.2) is 4.98 Å². The van der Waals surface area contributed by atoms with Crippen molar-refractivity contribution in [2.45, 2.75) is 13.0 Å². The van der Waals surface area contributed by atoms with Gasteiger partial charge in [-0.1, -0.05) is 0 Å². The van der Waals surface area contributed by atoms with Crippen LogP contribution in [0, 0.1) is 0 Å². The fourth-order valence-corrected chi connectivity index (χ4v) is 1.99. The van der Waals surface area contributed by atoms with Gasteiger partial charge >= 0.3 is 6.01 Å². The number of hydrogen-bond donors (Lipinski definition) is 1. The van der Waals surface area contributed by atoms with E-state index in [2.05, 4.69) is 25.3 Å². The summed E-state index contributed by atoms with van der Waals surface area (Å²) >= 11 is 7.30. The summed E-state index contributed by atoms with van der Waals surface area (Å²) in [4.78, 5) is 16.0. The molecule has 0 fully saturated rings. The van der Waals surface area contributed by atoms with Gasteiger partial charge in [-0.05, 0) is 18.5 Å². The van der Waals surface area contributed by atoms with E-state index in [4.69, 9.17) is 16.3 Å². The van der Waals surface area contributed by atoms with Crippen molar-refractivity contribution in [3.63, 3.8) is 0 Å². The van der Waals surface area contributed by atoms with E-state index in [9.17, 15) is 0 Å². The summed E-state index contributed by atoms with van der Waals surface area (Å²) in [7, 11) is 1.47. The number of methoxy groups -OCH3 is 1. The predicted octanol–water partition coefficient (Wildman–Crippen LogP) is 2.16. The summed E-state index contributed by atoms with van der Waals surface area (Å²) in [5.74, 6) is 0.365. The van der Waals surface area contributed by atoms with Gasteiger partial charge in [0.1, 0.15) is 5.01 Å². The monoisotopic (exact) mass is 271 g/mol. The first-order valence-electron chi connectivity index (χ1n) is 4.80. The van der Waals surface area contributed by atoms with Crippen molar-refractivity contribution < 1.29 is 4.74 Å². The number of nitrogens with zero attached hydrogens (tertiary/aromatic N) is 4. The molecule has 0 saturated carbocycles. The number of anilines is 1. The van der Waals surface area contributed by atoms with Gasteiger partial charge in [-0.3, -0.25) is 0 Å². The molecule has 8 heteroatoms. The molecule has 0 amide bonds. The zero-order chi connectivity index (χ0) is 12.3. The second-order valence-corrected chi connectivity index (χ2v) is 4.42. The third kappa shape index (κ3) is 3.01. The summed E-state index contributed by atoms with van der Waals surface area (Å²) in [6.45, 7) is 1.96. The highest BCUT2D eigenvalue weighted by Gasteiger charge is 2.11. The van der Waals surface area contributed by atoms with E-state index < -0.39 is 0 Å². The van der Waals surface area contributed by atoms with Crippen LogP contribution in [0.25, 0.3) is 0 Å². The molecule has 0 spiro atoms. The highest BCUT2D eigenvalue weighted by atomic mass is 35.5. The standard InChI is InChI=1S/C9H10ClN5OS/c1-5(6-11-3-4-17-6)12-8-13-7(10)14-9(15-8)16-2/h3-5H,1-2H3,(H,12,13,14,15). The lowest BCUT2D eigenvalue weighted by molar-refractivity contribution is 0.378. The topological polar surface area (TPSA) is 72.8 Å². The summed E-state index contributed by atoms with van der Waals surface area (Å²) in [6, 6.07) is 0.178. The Morgan fingerprint density at radius 1 is 1.41 bits per heavy atom. The third-order valence-electron chi connectivity index (χ3n) is 1.94. The molecule has 2 rings (SSSR count). The van der Waals surface area contributed by atoms with Gasteiger partial charge in [0.2, 0.25) is 11.2 Å². The normalized spacial score (nSPS) is 12.2. The van der Waals surface area contributed by atoms with Crippen molar-refractivity contribution in [3.8, 4) is 6.01 Å². The second kappa shape index (κ2) is 5.24. The number of halogens is 1. The van der Waals surface area contributed by atoms with Crippen LogP contribution in [0.2, 0.25) is 5.28 Å². The SMILES string of the molecule is COc1nc(Cl)nc(NC(C)c2nccs2)n1. The maximum Gasteiger partial charge on any atom is 0.322 e. The van der Waals surface area contributed by atoms with E-state index in [-0.39, 0.29) is 17.3 Å². The molecule has 0 aliphatic rings. The van der Waals surface area contributed by atoms with Crippen molar-refractivity contribution >= 4 is 28.9 Å². The van der Waals surface area contributed by atoms with Crippen LogP contribution in [0.3, 0.4) is 0 Å². The van der Waals surface area contributed by atoms with E-state index in [1.165, 1.54) is 7.11 Å². The smallest absolute Gasteiger partial charge is 0.322 e. The first-order chi connectivity index (χ1) is 8.19. The Bertz CT molecular complexity index is 492. The van der Waals surface area contributed by atoms with Gasteiger partial charge < -0.3 is 10.1 Å². The lowest BCUT2D eigenvalue weighted by Gasteiger charge is -2.11. The molecule has 0 saturated heterocycles. The number of nitrogens with one attached hydrogen (secondary N) is 1. The van der Waals surface area contributed by atoms with Crippen molar-refractivity contribution in [2.24, 2.45) is 0 Å². The molecule has 6 nitrogen and oxygen atoms in total. The largest absolute Gasteiger partial charge is 0.467 e. The highest BCUT2D eigenvalue weighted by molar-refractivity contribution is 7.09. The molecule has 1 unspecified atom stereocenters. The molecular weight excluding hydrogens is 262 g/mol. The minimum absolute atomic E-state index is 0.00169. The van der Waals surface area contributed by atoms with Gasteiger partial charge in [-0.2, -0.15) is 15.0 Å². The third-order valence-corrected chi connectivity index (χ3v) is 3.06. The van der Waals surface area contributed by atoms with E-state index in [0.717, 1.165) is 5.01 Å². The van der Waals surface area contributed by atoms with E-state index in [1.807, 2.05) is 12.3 Å². The Balaban J connectivity index is 2.15. The fraction of sp³-hybridized carbons (Fsp3) is 0.333. The minimum atomic E-state index is -0.00169. The van der Waals surface area contributed by atoms with Gasteiger partial charge in [0.05, 0.1) is 13.2 Å². The van der Waals surface area contributed by atoms with E-state index >= 15 is 0 Å². The number of hydrogen-bond acceptors (Lipinski definition) is 7. The first kappa shape index (κ1) is 12.0. The molecule has 0 aliphatic heterocycles. The van der Waals surface area contributed by atoms with E-state index in [1.54, 1.807) is 17.5 Å². The van der Waals surface area contributed by atoms with Gasteiger partial charge in [0, 0.05) is 11.6 Å². The van der Waals surface area contributed by atoms with Crippen LogP contribution in [0.4, 0.5) is 5.95 Å². The van der Waals surface area contributed by atoms with Gasteiger partial charge in [0.15, 0.2) is 0 Å². The lowest BCUT2D eigenvalue weighted by Crippen LogP contribution is -2.10. The molecule has 17 heavy (non-hydrogen) atoms. The van der Waals surface area contributed by atoms with Crippen molar-refractivity contribution in [1.82, 2.24) is 19.9 Å². The molecular formula is C9H10ClN5OS. The molecule has 1 N–H and O–H groups in total. The maximum atomic E-state index is 5.74. The lowest BCUT2D eigenvalue weighted by atomic mass is 10.4. The Morgan fingerprint density at radius 3 is 2.88 bits per heavy atom. The molecule has 90 valence electrons. The molecule has 0 aromatic carbocycles. The molecule has 0 radical (unpaired) electrons. The zero-order valence-corrected chi connectivity index (χ0v) is 10.8. The molecule has 1 atom stereocenters. The van der Waals surface area contributed by atoms with Crippen molar-refractivity contribution in [3.05, 3.63) is 21.9 Å². The van der Waals surface area contributed by atoms with Crippen LogP contribution in [0.15, 0.2) is 11.6 Å². The van der Waals surface area contributed by atoms with Crippen LogP contribution in [-0.4, -0.2) is 27.0 Å². The van der Waals surface area contributed by atoms with Crippen LogP contribution < -0.4 is 10.1 Å². The number of aromatic nitrogens is 4.